The van der Waals surface area contributed by atoms with E-state index >= 15 is 0 Å². The molecule has 5 heteroatoms. The van der Waals surface area contributed by atoms with Gasteiger partial charge in [-0.25, -0.2) is 4.39 Å². The van der Waals surface area contributed by atoms with Gasteiger partial charge in [0, 0.05) is 25.3 Å². The topological polar surface area (TPSA) is 50.4 Å². The standard InChI is InChI=1S/C16H23FN2O2/c1-10(9-16(2,3)21-4)18-14-8-13-11(7-12(14)17)5-6-15(20)19-13/h7-8,10,18H,5-6,9H2,1-4H3,(H,19,20). The number of benzene rings is 1. The molecule has 0 saturated carbocycles. The van der Waals surface area contributed by atoms with E-state index in [0.717, 1.165) is 12.0 Å². The molecule has 0 spiro atoms. The normalized spacial score (nSPS) is 16.1. The molecule has 1 aromatic rings. The number of nitrogens with one attached hydrogen (secondary N) is 2. The van der Waals surface area contributed by atoms with Crippen LogP contribution in [0.3, 0.4) is 0 Å². The van der Waals surface area contributed by atoms with Gasteiger partial charge in [-0.2, -0.15) is 0 Å². The molecular weight excluding hydrogens is 271 g/mol. The number of aryl methyl sites for hydroxylation is 1. The lowest BCUT2D eigenvalue weighted by Gasteiger charge is -2.28. The van der Waals surface area contributed by atoms with Crippen LogP contribution in [0.15, 0.2) is 12.1 Å². The van der Waals surface area contributed by atoms with Crippen LogP contribution in [-0.4, -0.2) is 24.7 Å². The minimum Gasteiger partial charge on any atom is -0.380 e. The van der Waals surface area contributed by atoms with Crippen molar-refractivity contribution in [2.45, 2.75) is 51.7 Å². The highest BCUT2D eigenvalue weighted by Gasteiger charge is 2.22. The van der Waals surface area contributed by atoms with Gasteiger partial charge in [0.2, 0.25) is 5.91 Å². The fourth-order valence-corrected chi connectivity index (χ4v) is 2.65. The first-order valence-electron chi connectivity index (χ1n) is 7.25. The molecule has 2 N–H and O–H groups in total. The number of ether oxygens (including phenoxy) is 1. The monoisotopic (exact) mass is 294 g/mol. The van der Waals surface area contributed by atoms with Crippen molar-refractivity contribution >= 4 is 17.3 Å². The van der Waals surface area contributed by atoms with Gasteiger partial charge in [-0.3, -0.25) is 4.79 Å². The number of halogens is 1. The van der Waals surface area contributed by atoms with Gasteiger partial charge < -0.3 is 15.4 Å². The van der Waals surface area contributed by atoms with Crippen LogP contribution < -0.4 is 10.6 Å². The lowest BCUT2D eigenvalue weighted by Crippen LogP contribution is -2.31. The van der Waals surface area contributed by atoms with E-state index in [1.54, 1.807) is 13.2 Å². The summed E-state index contributed by atoms with van der Waals surface area (Å²) in [6.07, 6.45) is 1.74. The van der Waals surface area contributed by atoms with Gasteiger partial charge in [-0.1, -0.05) is 0 Å². The molecule has 1 unspecified atom stereocenters. The second-order valence-corrected chi connectivity index (χ2v) is 6.25. The highest BCUT2D eigenvalue weighted by Crippen LogP contribution is 2.29. The Kier molecular flexibility index (Phi) is 4.52. The van der Waals surface area contributed by atoms with E-state index in [1.807, 2.05) is 20.8 Å². The maximum absolute atomic E-state index is 14.1. The number of hydrogen-bond donors (Lipinski definition) is 2. The van der Waals surface area contributed by atoms with Gasteiger partial charge >= 0.3 is 0 Å². The smallest absolute Gasteiger partial charge is 0.224 e. The highest BCUT2D eigenvalue weighted by atomic mass is 19.1. The zero-order valence-corrected chi connectivity index (χ0v) is 13.0. The van der Waals surface area contributed by atoms with Crippen LogP contribution in [0.5, 0.6) is 0 Å². The number of rotatable bonds is 5. The van der Waals surface area contributed by atoms with Crippen LogP contribution in [0.25, 0.3) is 0 Å². The van der Waals surface area contributed by atoms with E-state index in [9.17, 15) is 9.18 Å². The van der Waals surface area contributed by atoms with Gasteiger partial charge in [-0.05, 0) is 51.3 Å². The first-order chi connectivity index (χ1) is 9.80. The summed E-state index contributed by atoms with van der Waals surface area (Å²) in [5.41, 5.74) is 1.69. The maximum Gasteiger partial charge on any atom is 0.224 e. The summed E-state index contributed by atoms with van der Waals surface area (Å²) in [6, 6.07) is 3.23. The quantitative estimate of drug-likeness (QED) is 0.876. The summed E-state index contributed by atoms with van der Waals surface area (Å²) < 4.78 is 19.5. The van der Waals surface area contributed by atoms with Crippen LogP contribution in [0.1, 0.15) is 39.2 Å². The number of hydrogen-bond acceptors (Lipinski definition) is 3. The number of anilines is 2. The van der Waals surface area contributed by atoms with Gasteiger partial charge in [0.1, 0.15) is 5.82 Å². The Labute approximate surface area is 125 Å². The molecule has 0 saturated heterocycles. The van der Waals surface area contributed by atoms with E-state index in [0.29, 0.717) is 24.2 Å². The second-order valence-electron chi connectivity index (χ2n) is 6.25. The van der Waals surface area contributed by atoms with Gasteiger partial charge in [0.05, 0.1) is 11.3 Å². The molecule has 0 aromatic heterocycles. The van der Waals surface area contributed by atoms with Crippen LogP contribution in [0.2, 0.25) is 0 Å². The van der Waals surface area contributed by atoms with E-state index in [1.165, 1.54) is 6.07 Å². The molecule has 4 nitrogen and oxygen atoms in total. The fraction of sp³-hybridized carbons (Fsp3) is 0.562. The Morgan fingerprint density at radius 1 is 1.43 bits per heavy atom. The summed E-state index contributed by atoms with van der Waals surface area (Å²) in [5.74, 6) is -0.305. The first kappa shape index (κ1) is 15.8. The minimum absolute atomic E-state index is 0.0198. The molecule has 1 aliphatic rings. The van der Waals surface area contributed by atoms with Crippen LogP contribution in [-0.2, 0) is 16.0 Å². The van der Waals surface area contributed by atoms with Crippen molar-refractivity contribution < 1.29 is 13.9 Å². The Hall–Kier alpha value is -1.62. The van der Waals surface area contributed by atoms with Crippen molar-refractivity contribution in [2.75, 3.05) is 17.7 Å². The molecule has 1 atom stereocenters. The van der Waals surface area contributed by atoms with Crippen molar-refractivity contribution in [1.29, 1.82) is 0 Å². The Morgan fingerprint density at radius 3 is 2.81 bits per heavy atom. The molecule has 1 heterocycles. The lowest BCUT2D eigenvalue weighted by molar-refractivity contribution is -0.116. The molecule has 0 radical (unpaired) electrons. The van der Waals surface area contributed by atoms with Crippen molar-refractivity contribution in [3.05, 3.63) is 23.5 Å². The zero-order valence-electron chi connectivity index (χ0n) is 13.0. The van der Waals surface area contributed by atoms with Gasteiger partial charge in [0.25, 0.3) is 0 Å². The molecule has 116 valence electrons. The van der Waals surface area contributed by atoms with Crippen molar-refractivity contribution in [3.63, 3.8) is 0 Å². The fourth-order valence-electron chi connectivity index (χ4n) is 2.65. The van der Waals surface area contributed by atoms with E-state index < -0.39 is 0 Å². The summed E-state index contributed by atoms with van der Waals surface area (Å²) in [7, 11) is 1.67. The van der Waals surface area contributed by atoms with E-state index in [4.69, 9.17) is 4.74 Å². The number of carbonyl (C=O) groups is 1. The number of methoxy groups -OCH3 is 1. The number of fused-ring (bicyclic) bond motifs is 1. The Bertz CT molecular complexity index is 543. The second kappa shape index (κ2) is 6.02. The third-order valence-electron chi connectivity index (χ3n) is 3.84. The molecule has 1 amide bonds. The van der Waals surface area contributed by atoms with E-state index in [-0.39, 0.29) is 23.4 Å². The molecule has 0 fully saturated rings. The molecule has 2 rings (SSSR count). The summed E-state index contributed by atoms with van der Waals surface area (Å²) in [6.45, 7) is 5.97. The SMILES string of the molecule is COC(C)(C)CC(C)Nc1cc2c(cc1F)CCC(=O)N2. The average Bonchev–Trinajstić information content (AvgIpc) is 2.39. The zero-order chi connectivity index (χ0) is 15.6. The predicted molar refractivity (Wildman–Crippen MR) is 82.1 cm³/mol. The molecule has 1 aromatic carbocycles. The summed E-state index contributed by atoms with van der Waals surface area (Å²) >= 11 is 0. The van der Waals surface area contributed by atoms with Crippen LogP contribution in [0, 0.1) is 5.82 Å². The third-order valence-corrected chi connectivity index (χ3v) is 3.84. The van der Waals surface area contributed by atoms with Crippen molar-refractivity contribution in [3.8, 4) is 0 Å². The number of carbonyl (C=O) groups excluding carboxylic acids is 1. The molecule has 21 heavy (non-hydrogen) atoms. The Balaban J connectivity index is 2.13. The average molecular weight is 294 g/mol. The van der Waals surface area contributed by atoms with Crippen molar-refractivity contribution in [1.82, 2.24) is 0 Å². The van der Waals surface area contributed by atoms with Crippen molar-refractivity contribution in [2.24, 2.45) is 0 Å². The third kappa shape index (κ3) is 3.94. The molecule has 0 bridgehead atoms. The largest absolute Gasteiger partial charge is 0.380 e. The summed E-state index contributed by atoms with van der Waals surface area (Å²) in [5, 5.41) is 5.95. The van der Waals surface area contributed by atoms with Gasteiger partial charge in [0.15, 0.2) is 0 Å². The van der Waals surface area contributed by atoms with E-state index in [2.05, 4.69) is 10.6 Å². The molecule has 0 aliphatic carbocycles. The predicted octanol–water partition coefficient (Wildman–Crippen LogP) is 3.33. The van der Waals surface area contributed by atoms with Crippen LogP contribution in [0.4, 0.5) is 15.8 Å². The maximum atomic E-state index is 14.1. The molecular formula is C16H23FN2O2. The summed E-state index contributed by atoms with van der Waals surface area (Å²) in [4.78, 5) is 11.4. The van der Waals surface area contributed by atoms with Crippen LogP contribution >= 0.6 is 0 Å². The molecule has 1 aliphatic heterocycles. The van der Waals surface area contributed by atoms with Gasteiger partial charge in [-0.15, -0.1) is 0 Å². The Morgan fingerprint density at radius 2 is 2.14 bits per heavy atom. The highest BCUT2D eigenvalue weighted by molar-refractivity contribution is 5.94. The number of amides is 1. The lowest BCUT2D eigenvalue weighted by atomic mass is 9.98. The first-order valence-corrected chi connectivity index (χ1v) is 7.25. The minimum atomic E-state index is -0.285.